The van der Waals surface area contributed by atoms with E-state index in [0.29, 0.717) is 16.3 Å². The number of likely N-dealkylation sites (N-methyl/N-ethyl adjacent to an activating group) is 1. The number of amides is 2. The van der Waals surface area contributed by atoms with Gasteiger partial charge in [-0.2, -0.15) is 0 Å². The van der Waals surface area contributed by atoms with Gasteiger partial charge in [0.1, 0.15) is 24.1 Å². The van der Waals surface area contributed by atoms with E-state index in [1.807, 2.05) is 30.3 Å². The Balaban J connectivity index is 2.08. The average Bonchev–Trinajstić information content (AvgIpc) is 2.94. The third kappa shape index (κ3) is 7.80. The van der Waals surface area contributed by atoms with E-state index in [1.54, 1.807) is 24.3 Å². The standard InChI is InChI=1S/C28H31Cl2N3O6S/c1-31-28(35)25(15-19-8-6-5-7-9-19)32(17-20-10-12-22(29)23(30)14-20)27(34)18-33(40(4,36)37)24-13-11-21(38-2)16-26(24)39-3/h5-14,16,25H,15,17-18H2,1-4H3,(H,31,35)/t25-/m0/s1. The van der Waals surface area contributed by atoms with E-state index >= 15 is 0 Å². The maximum absolute atomic E-state index is 14.0. The van der Waals surface area contributed by atoms with E-state index in [-0.39, 0.29) is 29.4 Å². The third-order valence-corrected chi connectivity index (χ3v) is 8.05. The van der Waals surface area contributed by atoms with Crippen molar-refractivity contribution in [1.29, 1.82) is 0 Å². The second-order valence-electron chi connectivity index (χ2n) is 8.90. The summed E-state index contributed by atoms with van der Waals surface area (Å²) in [6, 6.07) is 17.7. The van der Waals surface area contributed by atoms with Gasteiger partial charge in [-0.25, -0.2) is 8.42 Å². The van der Waals surface area contributed by atoms with Gasteiger partial charge >= 0.3 is 0 Å². The van der Waals surface area contributed by atoms with Crippen molar-refractivity contribution in [2.24, 2.45) is 0 Å². The zero-order valence-electron chi connectivity index (χ0n) is 22.6. The summed E-state index contributed by atoms with van der Waals surface area (Å²) in [5, 5.41) is 3.25. The highest BCUT2D eigenvalue weighted by atomic mass is 35.5. The van der Waals surface area contributed by atoms with Gasteiger partial charge in [0.25, 0.3) is 0 Å². The molecule has 0 bridgehead atoms. The highest BCUT2D eigenvalue weighted by Crippen LogP contribution is 2.34. The Morgan fingerprint density at radius 1 is 0.925 bits per heavy atom. The van der Waals surface area contributed by atoms with Crippen LogP contribution in [0.4, 0.5) is 5.69 Å². The number of benzene rings is 3. The fourth-order valence-corrected chi connectivity index (χ4v) is 5.31. The lowest BCUT2D eigenvalue weighted by Crippen LogP contribution is -2.52. The van der Waals surface area contributed by atoms with Gasteiger partial charge in [0.2, 0.25) is 21.8 Å². The van der Waals surface area contributed by atoms with E-state index in [4.69, 9.17) is 32.7 Å². The molecule has 0 heterocycles. The monoisotopic (exact) mass is 607 g/mol. The summed E-state index contributed by atoms with van der Waals surface area (Å²) in [7, 11) is 0.370. The van der Waals surface area contributed by atoms with E-state index in [2.05, 4.69) is 5.32 Å². The summed E-state index contributed by atoms with van der Waals surface area (Å²) in [6.07, 6.45) is 1.19. The first-order valence-corrected chi connectivity index (χ1v) is 14.8. The first kappa shape index (κ1) is 31.1. The Bertz CT molecular complexity index is 1450. The summed E-state index contributed by atoms with van der Waals surface area (Å²) < 4.78 is 37.5. The van der Waals surface area contributed by atoms with Gasteiger partial charge in [-0.1, -0.05) is 59.6 Å². The lowest BCUT2D eigenvalue weighted by atomic mass is 10.0. The molecule has 3 aromatic carbocycles. The summed E-state index contributed by atoms with van der Waals surface area (Å²) in [5.74, 6) is -0.381. The number of nitrogens with one attached hydrogen (secondary N) is 1. The van der Waals surface area contributed by atoms with Crippen molar-refractivity contribution in [3.63, 3.8) is 0 Å². The SMILES string of the molecule is CNC(=O)[C@H](Cc1ccccc1)N(Cc1ccc(Cl)c(Cl)c1)C(=O)CN(c1ccc(OC)cc1OC)S(C)(=O)=O. The minimum Gasteiger partial charge on any atom is -0.497 e. The van der Waals surface area contributed by atoms with Crippen molar-refractivity contribution in [1.82, 2.24) is 10.2 Å². The van der Waals surface area contributed by atoms with Gasteiger partial charge in [0, 0.05) is 26.1 Å². The number of halogens is 2. The number of hydrogen-bond donors (Lipinski definition) is 1. The molecule has 0 aliphatic heterocycles. The van der Waals surface area contributed by atoms with Crippen LogP contribution in [-0.4, -0.2) is 65.2 Å². The minimum absolute atomic E-state index is 0.0298. The Hall–Kier alpha value is -3.47. The Labute approximate surface area is 244 Å². The topological polar surface area (TPSA) is 105 Å². The summed E-state index contributed by atoms with van der Waals surface area (Å²) in [4.78, 5) is 28.5. The molecule has 1 atom stereocenters. The smallest absolute Gasteiger partial charge is 0.244 e. The van der Waals surface area contributed by atoms with Crippen LogP contribution in [0.2, 0.25) is 10.0 Å². The van der Waals surface area contributed by atoms with Gasteiger partial charge in [0.05, 0.1) is 36.2 Å². The predicted octanol–water partition coefficient (Wildman–Crippen LogP) is 4.16. The third-order valence-electron chi connectivity index (χ3n) is 6.19. The molecule has 0 unspecified atom stereocenters. The molecule has 0 aliphatic rings. The van der Waals surface area contributed by atoms with Crippen LogP contribution in [0.15, 0.2) is 66.7 Å². The quantitative estimate of drug-likeness (QED) is 0.331. The highest BCUT2D eigenvalue weighted by Gasteiger charge is 2.33. The Morgan fingerprint density at radius 3 is 2.20 bits per heavy atom. The molecule has 0 aromatic heterocycles. The van der Waals surface area contributed by atoms with Crippen LogP contribution in [0, 0.1) is 0 Å². The molecule has 214 valence electrons. The molecule has 0 aliphatic carbocycles. The second kappa shape index (κ2) is 13.7. The minimum atomic E-state index is -3.97. The van der Waals surface area contributed by atoms with E-state index in [9.17, 15) is 18.0 Å². The van der Waals surface area contributed by atoms with Crippen LogP contribution in [-0.2, 0) is 32.6 Å². The lowest BCUT2D eigenvalue weighted by molar-refractivity contribution is -0.139. The number of hydrogen-bond acceptors (Lipinski definition) is 6. The number of sulfonamides is 1. The van der Waals surface area contributed by atoms with Gasteiger partial charge in [0.15, 0.2) is 0 Å². The molecule has 12 heteroatoms. The van der Waals surface area contributed by atoms with E-state index in [0.717, 1.165) is 16.1 Å². The van der Waals surface area contributed by atoms with Gasteiger partial charge < -0.3 is 19.7 Å². The molecule has 0 radical (unpaired) electrons. The zero-order valence-corrected chi connectivity index (χ0v) is 24.9. The number of ether oxygens (including phenoxy) is 2. The fourth-order valence-electron chi connectivity index (χ4n) is 4.14. The molecule has 3 aromatic rings. The molecule has 0 fully saturated rings. The van der Waals surface area contributed by atoms with Crippen molar-refractivity contribution < 1.29 is 27.5 Å². The molecule has 0 saturated heterocycles. The fraction of sp³-hybridized carbons (Fsp3) is 0.286. The highest BCUT2D eigenvalue weighted by molar-refractivity contribution is 7.92. The number of nitrogens with zero attached hydrogens (tertiary/aromatic N) is 2. The second-order valence-corrected chi connectivity index (χ2v) is 11.6. The van der Waals surface area contributed by atoms with Gasteiger partial charge in [-0.3, -0.25) is 13.9 Å². The molecule has 40 heavy (non-hydrogen) atoms. The maximum Gasteiger partial charge on any atom is 0.244 e. The summed E-state index contributed by atoms with van der Waals surface area (Å²) in [6.45, 7) is -0.622. The van der Waals surface area contributed by atoms with Crippen LogP contribution >= 0.6 is 23.2 Å². The van der Waals surface area contributed by atoms with Crippen LogP contribution in [0.25, 0.3) is 0 Å². The van der Waals surface area contributed by atoms with Gasteiger partial charge in [-0.05, 0) is 35.4 Å². The number of carbonyl (C=O) groups is 2. The summed E-state index contributed by atoms with van der Waals surface area (Å²) in [5.41, 5.74) is 1.57. The molecular formula is C28H31Cl2N3O6S. The molecule has 0 spiro atoms. The molecule has 3 rings (SSSR count). The first-order valence-electron chi connectivity index (χ1n) is 12.2. The van der Waals surface area contributed by atoms with Crippen molar-refractivity contribution in [2.45, 2.75) is 19.0 Å². The number of anilines is 1. The normalized spacial score (nSPS) is 11.8. The van der Waals surface area contributed by atoms with Crippen molar-refractivity contribution >= 4 is 50.7 Å². The van der Waals surface area contributed by atoms with Crippen LogP contribution < -0.4 is 19.1 Å². The van der Waals surface area contributed by atoms with Crippen molar-refractivity contribution in [3.8, 4) is 11.5 Å². The Morgan fingerprint density at radius 2 is 1.62 bits per heavy atom. The van der Waals surface area contributed by atoms with E-state index < -0.39 is 34.4 Å². The van der Waals surface area contributed by atoms with Crippen LogP contribution in [0.1, 0.15) is 11.1 Å². The lowest BCUT2D eigenvalue weighted by Gasteiger charge is -2.33. The molecule has 2 amide bonds. The Kier molecular flexibility index (Phi) is 10.7. The van der Waals surface area contributed by atoms with E-state index in [1.165, 1.54) is 38.3 Å². The molecule has 9 nitrogen and oxygen atoms in total. The van der Waals surface area contributed by atoms with Gasteiger partial charge in [-0.15, -0.1) is 0 Å². The van der Waals surface area contributed by atoms with Crippen molar-refractivity contribution in [3.05, 3.63) is 87.9 Å². The number of rotatable bonds is 12. The molecular weight excluding hydrogens is 577 g/mol. The number of methoxy groups -OCH3 is 2. The maximum atomic E-state index is 14.0. The summed E-state index contributed by atoms with van der Waals surface area (Å²) >= 11 is 12.3. The largest absolute Gasteiger partial charge is 0.497 e. The van der Waals surface area contributed by atoms with Crippen LogP contribution in [0.3, 0.4) is 0 Å². The van der Waals surface area contributed by atoms with Crippen molar-refractivity contribution in [2.75, 3.05) is 38.4 Å². The average molecular weight is 609 g/mol. The molecule has 0 saturated carbocycles. The molecule has 1 N–H and O–H groups in total. The zero-order chi connectivity index (χ0) is 29.4. The number of carbonyl (C=O) groups excluding carboxylic acids is 2. The first-order chi connectivity index (χ1) is 19.0. The van der Waals surface area contributed by atoms with Crippen LogP contribution in [0.5, 0.6) is 11.5 Å². The predicted molar refractivity (Wildman–Crippen MR) is 157 cm³/mol.